The van der Waals surface area contributed by atoms with Gasteiger partial charge in [0.25, 0.3) is 5.91 Å². The van der Waals surface area contributed by atoms with Gasteiger partial charge in [0.05, 0.1) is 11.5 Å². The minimum absolute atomic E-state index is 0.000630. The van der Waals surface area contributed by atoms with Gasteiger partial charge in [-0.15, -0.1) is 0 Å². The largest absolute Gasteiger partial charge is 0.375 e. The van der Waals surface area contributed by atoms with Crippen molar-refractivity contribution in [3.8, 4) is 0 Å². The lowest BCUT2D eigenvalue weighted by Crippen LogP contribution is -2.79. The molecule has 3 aliphatic rings. The summed E-state index contributed by atoms with van der Waals surface area (Å²) in [6.45, 7) is 7.65. The number of ether oxygens (including phenoxy) is 1. The summed E-state index contributed by atoms with van der Waals surface area (Å²) in [6, 6.07) is 7.37. The van der Waals surface area contributed by atoms with Crippen molar-refractivity contribution in [1.82, 2.24) is 19.6 Å². The number of rotatable bonds is 4. The SMILES string of the molecule is COCC(=O)N1CC2(C1)C(C(=O)N1CCN(C)CC1)c1ccccc1C(=O)N2C(C)C. The molecule has 0 radical (unpaired) electrons. The second-order valence-electron chi connectivity index (χ2n) is 9.20. The Morgan fingerprint density at radius 3 is 2.35 bits per heavy atom. The molecule has 3 heterocycles. The van der Waals surface area contributed by atoms with Gasteiger partial charge in [0, 0.05) is 58.0 Å². The van der Waals surface area contributed by atoms with Crippen LogP contribution < -0.4 is 0 Å². The van der Waals surface area contributed by atoms with E-state index in [-0.39, 0.29) is 30.4 Å². The lowest BCUT2D eigenvalue weighted by Gasteiger charge is -2.62. The summed E-state index contributed by atoms with van der Waals surface area (Å²) >= 11 is 0. The average molecular weight is 429 g/mol. The minimum atomic E-state index is -0.733. The fourth-order valence-electron chi connectivity index (χ4n) is 5.37. The Hall–Kier alpha value is -2.45. The second kappa shape index (κ2) is 8.24. The van der Waals surface area contributed by atoms with E-state index in [4.69, 9.17) is 4.74 Å². The van der Waals surface area contributed by atoms with Crippen LogP contribution in [0, 0.1) is 0 Å². The molecular weight excluding hydrogens is 396 g/mol. The van der Waals surface area contributed by atoms with E-state index in [1.54, 1.807) is 4.90 Å². The molecule has 1 aromatic rings. The van der Waals surface area contributed by atoms with E-state index in [1.165, 1.54) is 7.11 Å². The minimum Gasteiger partial charge on any atom is -0.375 e. The van der Waals surface area contributed by atoms with E-state index < -0.39 is 11.5 Å². The Labute approximate surface area is 183 Å². The first-order valence-corrected chi connectivity index (χ1v) is 11.0. The molecule has 3 amide bonds. The number of carbonyl (C=O) groups is 3. The number of hydrogen-bond donors (Lipinski definition) is 0. The third-order valence-corrected chi connectivity index (χ3v) is 6.87. The van der Waals surface area contributed by atoms with Crippen LogP contribution in [0.4, 0.5) is 0 Å². The van der Waals surface area contributed by atoms with Gasteiger partial charge < -0.3 is 24.3 Å². The van der Waals surface area contributed by atoms with E-state index in [0.29, 0.717) is 31.7 Å². The highest BCUT2D eigenvalue weighted by Gasteiger charge is 2.62. The molecular formula is C23H32N4O4. The van der Waals surface area contributed by atoms with Crippen molar-refractivity contribution < 1.29 is 19.1 Å². The first kappa shape index (κ1) is 21.8. The van der Waals surface area contributed by atoms with Crippen LogP contribution in [0.1, 0.15) is 35.7 Å². The monoisotopic (exact) mass is 428 g/mol. The molecule has 8 nitrogen and oxygen atoms in total. The maximum Gasteiger partial charge on any atom is 0.255 e. The number of methoxy groups -OCH3 is 1. The molecule has 31 heavy (non-hydrogen) atoms. The highest BCUT2D eigenvalue weighted by atomic mass is 16.5. The number of likely N-dealkylation sites (tertiary alicyclic amines) is 1. The van der Waals surface area contributed by atoms with Gasteiger partial charge in [-0.2, -0.15) is 0 Å². The van der Waals surface area contributed by atoms with Gasteiger partial charge in [-0.3, -0.25) is 14.4 Å². The maximum absolute atomic E-state index is 13.9. The smallest absolute Gasteiger partial charge is 0.255 e. The number of piperazine rings is 1. The van der Waals surface area contributed by atoms with Crippen molar-refractivity contribution in [2.75, 3.05) is 60.0 Å². The number of benzene rings is 1. The summed E-state index contributed by atoms with van der Waals surface area (Å²) in [5, 5.41) is 0. The fourth-order valence-corrected chi connectivity index (χ4v) is 5.37. The molecule has 2 saturated heterocycles. The topological polar surface area (TPSA) is 73.4 Å². The second-order valence-corrected chi connectivity index (χ2v) is 9.20. The van der Waals surface area contributed by atoms with Gasteiger partial charge in [0.1, 0.15) is 6.61 Å². The van der Waals surface area contributed by atoms with Gasteiger partial charge in [0.2, 0.25) is 11.8 Å². The van der Waals surface area contributed by atoms with Gasteiger partial charge in [-0.1, -0.05) is 18.2 Å². The predicted molar refractivity (Wildman–Crippen MR) is 116 cm³/mol. The van der Waals surface area contributed by atoms with Gasteiger partial charge in [0.15, 0.2) is 0 Å². The summed E-state index contributed by atoms with van der Waals surface area (Å²) < 4.78 is 5.02. The van der Waals surface area contributed by atoms with Gasteiger partial charge in [-0.05, 0) is 32.5 Å². The molecule has 0 N–H and O–H groups in total. The Morgan fingerprint density at radius 2 is 1.74 bits per heavy atom. The molecule has 4 rings (SSSR count). The van der Waals surface area contributed by atoms with Crippen LogP contribution in [-0.2, 0) is 14.3 Å². The van der Waals surface area contributed by atoms with Crippen molar-refractivity contribution in [2.24, 2.45) is 0 Å². The standard InChI is InChI=1S/C23H32N4O4/c1-16(2)27-21(29)18-8-6-5-7-17(18)20(22(30)25-11-9-24(3)10-12-25)23(27)14-26(15-23)19(28)13-31-4/h5-8,16,20H,9-15H2,1-4H3. The molecule has 2 fully saturated rings. The van der Waals surface area contributed by atoms with Crippen molar-refractivity contribution in [3.05, 3.63) is 35.4 Å². The number of likely N-dealkylation sites (N-methyl/N-ethyl adjacent to an activating group) is 1. The molecule has 1 aromatic carbocycles. The highest BCUT2D eigenvalue weighted by molar-refractivity contribution is 6.03. The lowest BCUT2D eigenvalue weighted by molar-refractivity contribution is -0.159. The Balaban J connectivity index is 1.76. The summed E-state index contributed by atoms with van der Waals surface area (Å²) in [4.78, 5) is 47.6. The molecule has 1 unspecified atom stereocenters. The van der Waals surface area contributed by atoms with Crippen LogP contribution in [-0.4, -0.2) is 109 Å². The zero-order valence-corrected chi connectivity index (χ0v) is 18.8. The summed E-state index contributed by atoms with van der Waals surface area (Å²) in [6.07, 6.45) is 0. The quantitative estimate of drug-likeness (QED) is 0.704. The molecule has 0 aromatic heterocycles. The number of hydrogen-bond acceptors (Lipinski definition) is 5. The van der Waals surface area contributed by atoms with E-state index >= 15 is 0 Å². The Bertz CT molecular complexity index is 872. The van der Waals surface area contributed by atoms with E-state index in [2.05, 4.69) is 11.9 Å². The van der Waals surface area contributed by atoms with Gasteiger partial charge in [-0.25, -0.2) is 0 Å². The fraction of sp³-hybridized carbons (Fsp3) is 0.609. The molecule has 0 bridgehead atoms. The summed E-state index contributed by atoms with van der Waals surface area (Å²) in [5.74, 6) is -0.614. The number of nitrogens with zero attached hydrogens (tertiary/aromatic N) is 4. The van der Waals surface area contributed by atoms with Crippen molar-refractivity contribution >= 4 is 17.7 Å². The Kier molecular flexibility index (Phi) is 5.79. The zero-order valence-electron chi connectivity index (χ0n) is 18.8. The zero-order chi connectivity index (χ0) is 22.3. The molecule has 0 aliphatic carbocycles. The first-order valence-electron chi connectivity index (χ1n) is 11.0. The van der Waals surface area contributed by atoms with E-state index in [9.17, 15) is 14.4 Å². The number of fused-ring (bicyclic) bond motifs is 1. The summed E-state index contributed by atoms with van der Waals surface area (Å²) in [7, 11) is 3.55. The van der Waals surface area contributed by atoms with Crippen LogP contribution >= 0.6 is 0 Å². The third kappa shape index (κ3) is 3.51. The molecule has 168 valence electrons. The number of amides is 3. The van der Waals surface area contributed by atoms with E-state index in [1.807, 2.05) is 47.9 Å². The van der Waals surface area contributed by atoms with Crippen molar-refractivity contribution in [1.29, 1.82) is 0 Å². The first-order chi connectivity index (χ1) is 14.8. The average Bonchev–Trinajstić information content (AvgIpc) is 2.71. The van der Waals surface area contributed by atoms with Crippen LogP contribution in [0.3, 0.4) is 0 Å². The molecule has 1 atom stereocenters. The molecule has 3 aliphatic heterocycles. The van der Waals surface area contributed by atoms with Crippen LogP contribution in [0.5, 0.6) is 0 Å². The van der Waals surface area contributed by atoms with Crippen molar-refractivity contribution in [3.63, 3.8) is 0 Å². The van der Waals surface area contributed by atoms with Crippen molar-refractivity contribution in [2.45, 2.75) is 31.3 Å². The molecule has 0 saturated carbocycles. The predicted octanol–water partition coefficient (Wildman–Crippen LogP) is 0.636. The highest BCUT2D eigenvalue weighted by Crippen LogP contribution is 2.48. The molecule has 8 heteroatoms. The van der Waals surface area contributed by atoms with Crippen LogP contribution in [0.15, 0.2) is 24.3 Å². The summed E-state index contributed by atoms with van der Waals surface area (Å²) in [5.41, 5.74) is 0.645. The molecule has 1 spiro atoms. The van der Waals surface area contributed by atoms with E-state index in [0.717, 1.165) is 18.7 Å². The third-order valence-electron chi connectivity index (χ3n) is 6.87. The maximum atomic E-state index is 13.9. The normalized spacial score (nSPS) is 23.2. The van der Waals surface area contributed by atoms with Crippen LogP contribution in [0.25, 0.3) is 0 Å². The lowest BCUT2D eigenvalue weighted by atomic mass is 9.67. The Morgan fingerprint density at radius 1 is 1.10 bits per heavy atom. The number of carbonyl (C=O) groups excluding carboxylic acids is 3. The van der Waals surface area contributed by atoms with Gasteiger partial charge >= 0.3 is 0 Å². The van der Waals surface area contributed by atoms with Crippen LogP contribution in [0.2, 0.25) is 0 Å².